The molecule has 0 bridgehead atoms. The van der Waals surface area contributed by atoms with Crippen LogP contribution in [0, 0.1) is 5.92 Å². The van der Waals surface area contributed by atoms with Gasteiger partial charge in [-0.15, -0.1) is 0 Å². The fourth-order valence-corrected chi connectivity index (χ4v) is 5.83. The van der Waals surface area contributed by atoms with Gasteiger partial charge in [0.2, 0.25) is 5.91 Å². The lowest BCUT2D eigenvalue weighted by atomic mass is 9.93. The van der Waals surface area contributed by atoms with E-state index in [4.69, 9.17) is 0 Å². The lowest BCUT2D eigenvalue weighted by Crippen LogP contribution is -2.43. The highest BCUT2D eigenvalue weighted by atomic mass is 19.4. The normalized spacial score (nSPS) is 18.3. The van der Waals surface area contributed by atoms with Crippen molar-refractivity contribution in [3.63, 3.8) is 0 Å². The molecule has 7 nitrogen and oxygen atoms in total. The average molecular weight is 581 g/mol. The van der Waals surface area contributed by atoms with Gasteiger partial charge in [-0.05, 0) is 79.3 Å². The smallest absolute Gasteiger partial charge is 0.350 e. The highest BCUT2D eigenvalue weighted by molar-refractivity contribution is 5.98. The number of benzene rings is 3. The summed E-state index contributed by atoms with van der Waals surface area (Å²) in [6.07, 6.45) is -0.771. The van der Waals surface area contributed by atoms with Crippen LogP contribution in [0.1, 0.15) is 52.0 Å². The minimum Gasteiger partial charge on any atom is -0.350 e. The summed E-state index contributed by atoms with van der Waals surface area (Å²) in [5, 5.41) is 7.51. The summed E-state index contributed by atoms with van der Waals surface area (Å²) in [6.45, 7) is 3.69. The van der Waals surface area contributed by atoms with Crippen molar-refractivity contribution in [2.24, 2.45) is 5.92 Å². The Kier molecular flexibility index (Phi) is 9.11. The molecule has 42 heavy (non-hydrogen) atoms. The van der Waals surface area contributed by atoms with Crippen molar-refractivity contribution in [1.29, 1.82) is 0 Å². The number of amides is 3. The van der Waals surface area contributed by atoms with E-state index >= 15 is 0 Å². The fraction of sp³-hybridized carbons (Fsp3) is 0.406. The number of fused-ring (bicyclic) bond motifs is 1. The number of hydrogen-bond donors (Lipinski definition) is 2. The molecule has 0 spiro atoms. The highest BCUT2D eigenvalue weighted by Crippen LogP contribution is 2.29. The van der Waals surface area contributed by atoms with Gasteiger partial charge in [0, 0.05) is 43.3 Å². The van der Waals surface area contributed by atoms with Crippen LogP contribution in [0.4, 0.5) is 13.2 Å². The van der Waals surface area contributed by atoms with Crippen LogP contribution >= 0.6 is 0 Å². The number of rotatable bonds is 8. The second-order valence-electron chi connectivity index (χ2n) is 11.2. The maximum atomic E-state index is 13.1. The third kappa shape index (κ3) is 7.47. The van der Waals surface area contributed by atoms with E-state index in [1.54, 1.807) is 0 Å². The molecule has 10 heteroatoms. The number of nitrogens with zero attached hydrogens (tertiary/aromatic N) is 2. The number of carbonyl (C=O) groups excluding carboxylic acids is 3. The van der Waals surface area contributed by atoms with Gasteiger partial charge in [0.1, 0.15) is 0 Å². The van der Waals surface area contributed by atoms with Gasteiger partial charge < -0.3 is 20.4 Å². The van der Waals surface area contributed by atoms with E-state index in [-0.39, 0.29) is 30.0 Å². The number of hydrogen-bond acceptors (Lipinski definition) is 4. The van der Waals surface area contributed by atoms with Crippen molar-refractivity contribution < 1.29 is 27.6 Å². The first kappa shape index (κ1) is 29.6. The molecule has 222 valence electrons. The second kappa shape index (κ2) is 12.9. The standard InChI is InChI=1S/C32H35F3N4O3/c33-32(34,35)27-7-3-6-25(19-27)30(41)36-20-29(40)37-28-13-15-38(21-28)14-10-22-11-16-39(17-12-22)31(42)26-9-8-23-4-1-2-5-24(23)18-26/h1-9,18-19,22,28H,10-17,20-21H2,(H,36,41)(H,37,40)/t28-/m1/s1. The molecule has 2 aliphatic rings. The van der Waals surface area contributed by atoms with Gasteiger partial charge in [0.05, 0.1) is 12.1 Å². The molecule has 2 N–H and O–H groups in total. The van der Waals surface area contributed by atoms with Gasteiger partial charge in [-0.1, -0.05) is 36.4 Å². The van der Waals surface area contributed by atoms with Crippen molar-refractivity contribution in [2.75, 3.05) is 39.3 Å². The number of carbonyl (C=O) groups is 3. The minimum atomic E-state index is -4.54. The van der Waals surface area contributed by atoms with Crippen LogP contribution in [0.5, 0.6) is 0 Å². The van der Waals surface area contributed by atoms with E-state index in [0.29, 0.717) is 12.5 Å². The van der Waals surface area contributed by atoms with Crippen LogP contribution in [0.2, 0.25) is 0 Å². The van der Waals surface area contributed by atoms with E-state index in [1.807, 2.05) is 47.4 Å². The molecule has 3 amide bonds. The molecule has 2 saturated heterocycles. The fourth-order valence-electron chi connectivity index (χ4n) is 5.83. The molecule has 2 fully saturated rings. The third-order valence-electron chi connectivity index (χ3n) is 8.25. The maximum absolute atomic E-state index is 13.1. The van der Waals surface area contributed by atoms with Crippen molar-refractivity contribution in [3.8, 4) is 0 Å². The monoisotopic (exact) mass is 580 g/mol. The third-order valence-corrected chi connectivity index (χ3v) is 8.25. The van der Waals surface area contributed by atoms with Crippen LogP contribution < -0.4 is 10.6 Å². The maximum Gasteiger partial charge on any atom is 0.416 e. The molecule has 0 saturated carbocycles. The Morgan fingerprint density at radius 3 is 2.36 bits per heavy atom. The van der Waals surface area contributed by atoms with Gasteiger partial charge in [0.15, 0.2) is 0 Å². The van der Waals surface area contributed by atoms with Gasteiger partial charge in [-0.3, -0.25) is 14.4 Å². The summed E-state index contributed by atoms with van der Waals surface area (Å²) in [7, 11) is 0. The summed E-state index contributed by atoms with van der Waals surface area (Å²) < 4.78 is 38.7. The molecular formula is C32H35F3N4O3. The first-order valence-corrected chi connectivity index (χ1v) is 14.4. The quantitative estimate of drug-likeness (QED) is 0.404. The summed E-state index contributed by atoms with van der Waals surface area (Å²) in [5.74, 6) is -0.464. The Balaban J connectivity index is 0.993. The Labute approximate surface area is 243 Å². The number of likely N-dealkylation sites (tertiary alicyclic amines) is 2. The number of piperidine rings is 1. The number of halogens is 3. The van der Waals surface area contributed by atoms with Crippen LogP contribution in [-0.4, -0.2) is 72.8 Å². The molecule has 2 aliphatic heterocycles. The zero-order valence-corrected chi connectivity index (χ0v) is 23.3. The van der Waals surface area contributed by atoms with Crippen molar-refractivity contribution >= 4 is 28.5 Å². The van der Waals surface area contributed by atoms with E-state index in [9.17, 15) is 27.6 Å². The molecule has 5 rings (SSSR count). The average Bonchev–Trinajstić information content (AvgIpc) is 3.45. The molecule has 1 atom stereocenters. The first-order valence-electron chi connectivity index (χ1n) is 14.4. The minimum absolute atomic E-state index is 0.0376. The predicted molar refractivity (Wildman–Crippen MR) is 154 cm³/mol. The van der Waals surface area contributed by atoms with E-state index in [1.165, 1.54) is 12.1 Å². The zero-order chi connectivity index (χ0) is 29.7. The van der Waals surface area contributed by atoms with Crippen LogP contribution in [0.3, 0.4) is 0 Å². The Hall–Kier alpha value is -3.92. The van der Waals surface area contributed by atoms with Crippen molar-refractivity contribution in [3.05, 3.63) is 83.4 Å². The zero-order valence-electron chi connectivity index (χ0n) is 23.3. The molecule has 2 heterocycles. The van der Waals surface area contributed by atoms with Gasteiger partial charge in [-0.25, -0.2) is 0 Å². The lowest BCUT2D eigenvalue weighted by molar-refractivity contribution is -0.137. The molecular weight excluding hydrogens is 545 g/mol. The van der Waals surface area contributed by atoms with Crippen molar-refractivity contribution in [1.82, 2.24) is 20.4 Å². The first-order chi connectivity index (χ1) is 20.2. The number of nitrogens with one attached hydrogen (secondary N) is 2. The van der Waals surface area contributed by atoms with Crippen LogP contribution in [0.15, 0.2) is 66.7 Å². The topological polar surface area (TPSA) is 81.8 Å². The van der Waals surface area contributed by atoms with Gasteiger partial charge >= 0.3 is 6.18 Å². The molecule has 0 aliphatic carbocycles. The SMILES string of the molecule is O=C(CNC(=O)c1cccc(C(F)(F)F)c1)N[C@@H]1CCN(CCC2CCN(C(=O)c3ccc4ccccc4c3)CC2)C1. The molecule has 0 radical (unpaired) electrons. The summed E-state index contributed by atoms with van der Waals surface area (Å²) >= 11 is 0. The van der Waals surface area contributed by atoms with Gasteiger partial charge in [-0.2, -0.15) is 13.2 Å². The second-order valence-corrected chi connectivity index (χ2v) is 11.2. The summed E-state index contributed by atoms with van der Waals surface area (Å²) in [6, 6.07) is 18.0. The summed E-state index contributed by atoms with van der Waals surface area (Å²) in [4.78, 5) is 41.9. The lowest BCUT2D eigenvalue weighted by Gasteiger charge is -2.33. The largest absolute Gasteiger partial charge is 0.416 e. The number of alkyl halides is 3. The molecule has 0 unspecified atom stereocenters. The predicted octanol–water partition coefficient (Wildman–Crippen LogP) is 4.72. The van der Waals surface area contributed by atoms with E-state index in [0.717, 1.165) is 80.3 Å². The molecule has 3 aromatic carbocycles. The van der Waals surface area contributed by atoms with Crippen LogP contribution in [-0.2, 0) is 11.0 Å². The van der Waals surface area contributed by atoms with Crippen molar-refractivity contribution in [2.45, 2.75) is 37.9 Å². The van der Waals surface area contributed by atoms with E-state index in [2.05, 4.69) is 15.5 Å². The van der Waals surface area contributed by atoms with Gasteiger partial charge in [0.25, 0.3) is 11.8 Å². The summed E-state index contributed by atoms with van der Waals surface area (Å²) in [5.41, 5.74) is -0.327. The Morgan fingerprint density at radius 2 is 1.60 bits per heavy atom. The Bertz CT molecular complexity index is 1440. The van der Waals surface area contributed by atoms with E-state index < -0.39 is 17.6 Å². The van der Waals surface area contributed by atoms with Crippen LogP contribution in [0.25, 0.3) is 10.8 Å². The highest BCUT2D eigenvalue weighted by Gasteiger charge is 2.31. The Morgan fingerprint density at radius 1 is 0.833 bits per heavy atom. The molecule has 0 aromatic heterocycles. The molecule has 3 aromatic rings.